The maximum absolute atomic E-state index is 12.5. The number of amides is 1. The van der Waals surface area contributed by atoms with E-state index in [1.165, 1.54) is 29.5 Å². The zero-order chi connectivity index (χ0) is 16.2. The van der Waals surface area contributed by atoms with Gasteiger partial charge in [-0.25, -0.2) is 4.98 Å². The minimum absolute atomic E-state index is 0.0657. The van der Waals surface area contributed by atoms with Crippen molar-refractivity contribution < 1.29 is 4.79 Å². The summed E-state index contributed by atoms with van der Waals surface area (Å²) in [6, 6.07) is 1.79. The molecule has 7 heteroatoms. The van der Waals surface area contributed by atoms with Gasteiger partial charge >= 0.3 is 0 Å². The van der Waals surface area contributed by atoms with Crippen LogP contribution in [0.25, 0.3) is 10.2 Å². The van der Waals surface area contributed by atoms with E-state index in [0.29, 0.717) is 22.8 Å². The lowest BCUT2D eigenvalue weighted by Gasteiger charge is -2.26. The molecule has 1 fully saturated rings. The predicted octanol–water partition coefficient (Wildman–Crippen LogP) is 2.75. The van der Waals surface area contributed by atoms with Crippen molar-refractivity contribution >= 4 is 39.2 Å². The Labute approximate surface area is 143 Å². The molecule has 0 bridgehead atoms. The normalized spacial score (nSPS) is 15.0. The third kappa shape index (κ3) is 3.50. The molecule has 0 saturated carbocycles. The highest BCUT2D eigenvalue weighted by Gasteiger charge is 2.18. The SMILES string of the molecule is C=CCn1c(SCC(=O)N2CCCCC2)nc2sccc2c1=O. The maximum Gasteiger partial charge on any atom is 0.263 e. The van der Waals surface area contributed by atoms with Crippen LogP contribution in [0.2, 0.25) is 0 Å². The van der Waals surface area contributed by atoms with Crippen LogP contribution in [-0.4, -0.2) is 39.2 Å². The Hall–Kier alpha value is -1.60. The van der Waals surface area contributed by atoms with Gasteiger partial charge in [0, 0.05) is 19.6 Å². The molecule has 0 spiro atoms. The molecule has 3 heterocycles. The molecule has 1 aliphatic heterocycles. The van der Waals surface area contributed by atoms with Crippen LogP contribution in [0, 0.1) is 0 Å². The van der Waals surface area contributed by atoms with Crippen LogP contribution >= 0.6 is 23.1 Å². The molecule has 0 aliphatic carbocycles. The Bertz CT molecular complexity index is 775. The Morgan fingerprint density at radius 1 is 1.39 bits per heavy atom. The van der Waals surface area contributed by atoms with E-state index in [-0.39, 0.29) is 11.5 Å². The van der Waals surface area contributed by atoms with Crippen LogP contribution in [0.3, 0.4) is 0 Å². The van der Waals surface area contributed by atoms with Crippen LogP contribution in [0.4, 0.5) is 0 Å². The van der Waals surface area contributed by atoms with Crippen molar-refractivity contribution in [3.8, 4) is 0 Å². The minimum atomic E-state index is -0.0657. The average molecular weight is 349 g/mol. The van der Waals surface area contributed by atoms with Gasteiger partial charge in [-0.05, 0) is 30.7 Å². The van der Waals surface area contributed by atoms with Crippen molar-refractivity contribution in [1.29, 1.82) is 0 Å². The second-order valence-electron chi connectivity index (χ2n) is 5.47. The van der Waals surface area contributed by atoms with Gasteiger partial charge in [-0.2, -0.15) is 0 Å². The van der Waals surface area contributed by atoms with Gasteiger partial charge in [0.1, 0.15) is 4.83 Å². The number of allylic oxidation sites excluding steroid dienone is 1. The van der Waals surface area contributed by atoms with Crippen molar-refractivity contribution in [2.75, 3.05) is 18.8 Å². The molecule has 0 N–H and O–H groups in total. The molecule has 1 aliphatic rings. The highest BCUT2D eigenvalue weighted by Crippen LogP contribution is 2.22. The van der Waals surface area contributed by atoms with E-state index in [4.69, 9.17) is 0 Å². The summed E-state index contributed by atoms with van der Waals surface area (Å²) in [7, 11) is 0. The van der Waals surface area contributed by atoms with Crippen LogP contribution in [0.15, 0.2) is 34.1 Å². The summed E-state index contributed by atoms with van der Waals surface area (Å²) < 4.78 is 1.59. The van der Waals surface area contributed by atoms with Crippen molar-refractivity contribution in [1.82, 2.24) is 14.5 Å². The number of carbonyl (C=O) groups excluding carboxylic acids is 1. The highest BCUT2D eigenvalue weighted by molar-refractivity contribution is 7.99. The standard InChI is InChI=1S/C16H19N3O2S2/c1-2-7-19-15(21)12-6-10-22-14(12)17-16(19)23-11-13(20)18-8-4-3-5-9-18/h2,6,10H,1,3-5,7-9,11H2. The van der Waals surface area contributed by atoms with E-state index in [9.17, 15) is 9.59 Å². The van der Waals surface area contributed by atoms with Gasteiger partial charge in [0.15, 0.2) is 5.16 Å². The van der Waals surface area contributed by atoms with Crippen LogP contribution in [-0.2, 0) is 11.3 Å². The maximum atomic E-state index is 12.5. The summed E-state index contributed by atoms with van der Waals surface area (Å²) in [6.07, 6.45) is 5.04. The molecule has 0 atom stereocenters. The Kier molecular flexibility index (Phi) is 5.17. The highest BCUT2D eigenvalue weighted by atomic mass is 32.2. The summed E-state index contributed by atoms with van der Waals surface area (Å²) >= 11 is 2.79. The third-order valence-corrected chi connectivity index (χ3v) is 5.66. The van der Waals surface area contributed by atoms with Crippen molar-refractivity contribution in [2.24, 2.45) is 0 Å². The lowest BCUT2D eigenvalue weighted by molar-refractivity contribution is -0.129. The van der Waals surface area contributed by atoms with Crippen molar-refractivity contribution in [3.63, 3.8) is 0 Å². The van der Waals surface area contributed by atoms with Gasteiger partial charge in [-0.3, -0.25) is 14.2 Å². The fourth-order valence-corrected chi connectivity index (χ4v) is 4.41. The summed E-state index contributed by atoms with van der Waals surface area (Å²) in [6.45, 7) is 5.79. The van der Waals surface area contributed by atoms with E-state index in [1.54, 1.807) is 16.7 Å². The molecule has 0 radical (unpaired) electrons. The van der Waals surface area contributed by atoms with E-state index in [0.717, 1.165) is 30.8 Å². The molecule has 1 amide bonds. The molecular weight excluding hydrogens is 330 g/mol. The molecule has 122 valence electrons. The monoisotopic (exact) mass is 349 g/mol. The lowest BCUT2D eigenvalue weighted by atomic mass is 10.1. The summed E-state index contributed by atoms with van der Waals surface area (Å²) in [5.41, 5.74) is -0.0657. The Morgan fingerprint density at radius 3 is 2.91 bits per heavy atom. The molecule has 2 aromatic heterocycles. The molecule has 23 heavy (non-hydrogen) atoms. The molecule has 5 nitrogen and oxygen atoms in total. The van der Waals surface area contributed by atoms with Gasteiger partial charge in [0.2, 0.25) is 5.91 Å². The van der Waals surface area contributed by atoms with E-state index < -0.39 is 0 Å². The van der Waals surface area contributed by atoms with E-state index >= 15 is 0 Å². The number of piperidine rings is 1. The largest absolute Gasteiger partial charge is 0.342 e. The number of rotatable bonds is 5. The van der Waals surface area contributed by atoms with Gasteiger partial charge in [-0.15, -0.1) is 17.9 Å². The van der Waals surface area contributed by atoms with Gasteiger partial charge < -0.3 is 4.90 Å². The van der Waals surface area contributed by atoms with Gasteiger partial charge in [-0.1, -0.05) is 17.8 Å². The Morgan fingerprint density at radius 2 is 2.17 bits per heavy atom. The molecule has 2 aromatic rings. The average Bonchev–Trinajstić information content (AvgIpc) is 3.05. The first kappa shape index (κ1) is 16.3. The van der Waals surface area contributed by atoms with Crippen LogP contribution in [0.5, 0.6) is 0 Å². The quantitative estimate of drug-likeness (QED) is 0.473. The number of hydrogen-bond donors (Lipinski definition) is 0. The first-order valence-electron chi connectivity index (χ1n) is 7.70. The fraction of sp³-hybridized carbons (Fsp3) is 0.438. The van der Waals surface area contributed by atoms with Gasteiger partial charge in [0.25, 0.3) is 5.56 Å². The number of thiophene rings is 1. The minimum Gasteiger partial charge on any atom is -0.342 e. The zero-order valence-corrected chi connectivity index (χ0v) is 14.5. The topological polar surface area (TPSA) is 55.2 Å². The second kappa shape index (κ2) is 7.31. The van der Waals surface area contributed by atoms with Crippen molar-refractivity contribution in [3.05, 3.63) is 34.5 Å². The second-order valence-corrected chi connectivity index (χ2v) is 7.31. The molecule has 3 rings (SSSR count). The Balaban J connectivity index is 1.80. The number of aromatic nitrogens is 2. The summed E-state index contributed by atoms with van der Waals surface area (Å²) in [5, 5.41) is 3.09. The first-order valence-corrected chi connectivity index (χ1v) is 9.56. The van der Waals surface area contributed by atoms with Gasteiger partial charge in [0.05, 0.1) is 11.1 Å². The van der Waals surface area contributed by atoms with Crippen molar-refractivity contribution in [2.45, 2.75) is 31.0 Å². The predicted molar refractivity (Wildman–Crippen MR) is 95.2 cm³/mol. The third-order valence-electron chi connectivity index (χ3n) is 3.89. The molecular formula is C16H19N3O2S2. The number of fused-ring (bicyclic) bond motifs is 1. The summed E-state index contributed by atoms with van der Waals surface area (Å²) in [4.78, 5) is 32.0. The smallest absolute Gasteiger partial charge is 0.263 e. The molecule has 1 saturated heterocycles. The first-order chi connectivity index (χ1) is 11.2. The number of thioether (sulfide) groups is 1. The summed E-state index contributed by atoms with van der Waals surface area (Å²) in [5.74, 6) is 0.445. The van der Waals surface area contributed by atoms with Crippen LogP contribution in [0.1, 0.15) is 19.3 Å². The molecule has 0 aromatic carbocycles. The number of nitrogens with zero attached hydrogens (tertiary/aromatic N) is 3. The molecule has 0 unspecified atom stereocenters. The van der Waals surface area contributed by atoms with E-state index in [2.05, 4.69) is 11.6 Å². The fourth-order valence-electron chi connectivity index (χ4n) is 2.69. The number of likely N-dealkylation sites (tertiary alicyclic amines) is 1. The lowest BCUT2D eigenvalue weighted by Crippen LogP contribution is -2.36. The van der Waals surface area contributed by atoms with E-state index in [1.807, 2.05) is 10.3 Å². The number of hydrogen-bond acceptors (Lipinski definition) is 5. The number of carbonyl (C=O) groups is 1. The zero-order valence-electron chi connectivity index (χ0n) is 12.9. The van der Waals surface area contributed by atoms with Crippen LogP contribution < -0.4 is 5.56 Å².